The Kier molecular flexibility index (Phi) is 5.68. The topological polar surface area (TPSA) is 63.1 Å². The normalized spacial score (nSPS) is 14.1. The minimum atomic E-state index is -0.111. The van der Waals surface area contributed by atoms with Crippen molar-refractivity contribution < 1.29 is 4.79 Å². The zero-order valence-corrected chi connectivity index (χ0v) is 17.9. The Morgan fingerprint density at radius 2 is 1.93 bits per heavy atom. The molecular formula is C24H29N5O. The zero-order valence-electron chi connectivity index (χ0n) is 17.9. The van der Waals surface area contributed by atoms with E-state index < -0.39 is 0 Å². The zero-order chi connectivity index (χ0) is 21.1. The summed E-state index contributed by atoms with van der Waals surface area (Å²) in [5.41, 5.74) is 2.88. The molecule has 0 saturated heterocycles. The van der Waals surface area contributed by atoms with Crippen LogP contribution in [0.1, 0.15) is 44.9 Å². The second-order valence-electron chi connectivity index (χ2n) is 8.96. The van der Waals surface area contributed by atoms with Gasteiger partial charge in [-0.1, -0.05) is 45.0 Å². The first-order chi connectivity index (χ1) is 14.4. The number of nitrogens with one attached hydrogen (secondary N) is 1. The molecule has 6 heteroatoms. The molecule has 1 aliphatic rings. The molecule has 1 amide bonds. The molecule has 3 aromatic rings. The van der Waals surface area contributed by atoms with Crippen molar-refractivity contribution in [1.29, 1.82) is 0 Å². The lowest BCUT2D eigenvalue weighted by molar-refractivity contribution is -0.117. The van der Waals surface area contributed by atoms with Crippen molar-refractivity contribution in [3.8, 4) is 5.69 Å². The third-order valence-corrected chi connectivity index (χ3v) is 5.26. The molecule has 2 aromatic heterocycles. The average molecular weight is 404 g/mol. The van der Waals surface area contributed by atoms with Crippen molar-refractivity contribution >= 4 is 11.7 Å². The van der Waals surface area contributed by atoms with Crippen molar-refractivity contribution in [2.75, 3.05) is 11.9 Å². The molecule has 0 aliphatic heterocycles. The molecule has 0 radical (unpaired) electrons. The van der Waals surface area contributed by atoms with Crippen molar-refractivity contribution in [1.82, 2.24) is 19.7 Å². The van der Waals surface area contributed by atoms with E-state index in [1.54, 1.807) is 6.20 Å². The highest BCUT2D eigenvalue weighted by atomic mass is 16.2. The number of benzene rings is 1. The lowest BCUT2D eigenvalue weighted by Crippen LogP contribution is -2.34. The van der Waals surface area contributed by atoms with Gasteiger partial charge in [-0.3, -0.25) is 14.7 Å². The molecule has 0 bridgehead atoms. The number of pyridine rings is 1. The van der Waals surface area contributed by atoms with Crippen molar-refractivity contribution in [3.05, 3.63) is 72.2 Å². The Bertz CT molecular complexity index is 987. The number of amides is 1. The van der Waals surface area contributed by atoms with Crippen LogP contribution >= 0.6 is 0 Å². The molecule has 156 valence electrons. The van der Waals surface area contributed by atoms with Crippen LogP contribution in [0.4, 0.5) is 5.82 Å². The summed E-state index contributed by atoms with van der Waals surface area (Å²) in [6, 6.07) is 16.4. The first-order valence-electron chi connectivity index (χ1n) is 10.5. The summed E-state index contributed by atoms with van der Waals surface area (Å²) in [6.45, 7) is 7.46. The predicted molar refractivity (Wildman–Crippen MR) is 119 cm³/mol. The molecule has 1 aliphatic carbocycles. The molecule has 1 fully saturated rings. The van der Waals surface area contributed by atoms with Gasteiger partial charge < -0.3 is 5.32 Å². The van der Waals surface area contributed by atoms with E-state index in [1.165, 1.54) is 0 Å². The quantitative estimate of drug-likeness (QED) is 0.643. The number of para-hydroxylation sites is 1. The number of rotatable bonds is 7. The number of carbonyl (C=O) groups excluding carboxylic acids is 1. The molecule has 6 nitrogen and oxygen atoms in total. The van der Waals surface area contributed by atoms with Crippen LogP contribution in [0.3, 0.4) is 0 Å². The molecule has 0 atom stereocenters. The highest BCUT2D eigenvalue weighted by Gasteiger charge is 2.31. The van der Waals surface area contributed by atoms with Gasteiger partial charge in [0.1, 0.15) is 5.82 Å². The molecular weight excluding hydrogens is 374 g/mol. The van der Waals surface area contributed by atoms with Crippen LogP contribution in [-0.4, -0.2) is 38.2 Å². The minimum Gasteiger partial charge on any atom is -0.309 e. The molecule has 1 aromatic carbocycles. The fourth-order valence-corrected chi connectivity index (χ4v) is 3.45. The second kappa shape index (κ2) is 8.40. The van der Waals surface area contributed by atoms with E-state index in [9.17, 15) is 4.79 Å². The van der Waals surface area contributed by atoms with Crippen LogP contribution in [0.5, 0.6) is 0 Å². The fraction of sp³-hybridized carbons (Fsp3) is 0.375. The van der Waals surface area contributed by atoms with E-state index in [0.717, 1.165) is 36.3 Å². The number of carbonyl (C=O) groups is 1. The van der Waals surface area contributed by atoms with Crippen LogP contribution in [-0.2, 0) is 16.8 Å². The van der Waals surface area contributed by atoms with E-state index in [4.69, 9.17) is 5.10 Å². The van der Waals surface area contributed by atoms with Gasteiger partial charge in [-0.25, -0.2) is 4.68 Å². The van der Waals surface area contributed by atoms with Crippen LogP contribution in [0, 0.1) is 0 Å². The molecule has 0 unspecified atom stereocenters. The first kappa shape index (κ1) is 20.3. The summed E-state index contributed by atoms with van der Waals surface area (Å²) in [7, 11) is 0. The van der Waals surface area contributed by atoms with E-state index >= 15 is 0 Å². The number of nitrogens with zero attached hydrogens (tertiary/aromatic N) is 4. The van der Waals surface area contributed by atoms with Crippen molar-refractivity contribution in [3.63, 3.8) is 0 Å². The van der Waals surface area contributed by atoms with E-state index in [1.807, 2.05) is 53.3 Å². The average Bonchev–Trinajstić information content (AvgIpc) is 3.48. The summed E-state index contributed by atoms with van der Waals surface area (Å²) in [5.74, 6) is 0.677. The summed E-state index contributed by atoms with van der Waals surface area (Å²) in [4.78, 5) is 19.4. The van der Waals surface area contributed by atoms with Crippen LogP contribution < -0.4 is 5.32 Å². The monoisotopic (exact) mass is 403 g/mol. The number of hydrogen-bond acceptors (Lipinski definition) is 4. The van der Waals surface area contributed by atoms with Gasteiger partial charge in [0, 0.05) is 36.5 Å². The lowest BCUT2D eigenvalue weighted by Gasteiger charge is -2.21. The molecule has 0 spiro atoms. The minimum absolute atomic E-state index is 0.0247. The van der Waals surface area contributed by atoms with E-state index in [-0.39, 0.29) is 11.3 Å². The predicted octanol–water partition coefficient (Wildman–Crippen LogP) is 4.17. The van der Waals surface area contributed by atoms with Gasteiger partial charge in [-0.2, -0.15) is 5.10 Å². The Hall–Kier alpha value is -2.99. The van der Waals surface area contributed by atoms with Crippen LogP contribution in [0.2, 0.25) is 0 Å². The van der Waals surface area contributed by atoms with Gasteiger partial charge in [-0.15, -0.1) is 0 Å². The smallest absolute Gasteiger partial charge is 0.239 e. The summed E-state index contributed by atoms with van der Waals surface area (Å²) in [6.07, 6.45) is 5.93. The molecule has 1 saturated carbocycles. The van der Waals surface area contributed by atoms with E-state index in [0.29, 0.717) is 18.4 Å². The molecule has 2 heterocycles. The lowest BCUT2D eigenvalue weighted by atomic mass is 9.92. The summed E-state index contributed by atoms with van der Waals surface area (Å²) >= 11 is 0. The number of hydrogen-bond donors (Lipinski definition) is 1. The molecule has 30 heavy (non-hydrogen) atoms. The standard InChI is InChI=1S/C24H29N5O/c1-24(2,3)21-14-22(29(27-21)20-9-5-4-6-10-20)26-23(30)17-28(19-11-12-19)16-18-8-7-13-25-15-18/h4-10,13-15,19H,11-12,16-17H2,1-3H3,(H,26,30). The fourth-order valence-electron chi connectivity index (χ4n) is 3.45. The van der Waals surface area contributed by atoms with Crippen LogP contribution in [0.15, 0.2) is 60.9 Å². The number of anilines is 1. The molecule has 4 rings (SSSR count). The Balaban J connectivity index is 1.52. The number of aromatic nitrogens is 3. The highest BCUT2D eigenvalue weighted by Crippen LogP contribution is 2.29. The first-order valence-corrected chi connectivity index (χ1v) is 10.5. The van der Waals surface area contributed by atoms with Gasteiger partial charge in [0.05, 0.1) is 17.9 Å². The maximum absolute atomic E-state index is 13.0. The highest BCUT2D eigenvalue weighted by molar-refractivity contribution is 5.91. The van der Waals surface area contributed by atoms with Gasteiger partial charge >= 0.3 is 0 Å². The largest absolute Gasteiger partial charge is 0.309 e. The van der Waals surface area contributed by atoms with Crippen molar-refractivity contribution in [2.24, 2.45) is 0 Å². The summed E-state index contributed by atoms with van der Waals surface area (Å²) < 4.78 is 1.82. The second-order valence-corrected chi connectivity index (χ2v) is 8.96. The SMILES string of the molecule is CC(C)(C)c1cc(NC(=O)CN(Cc2cccnc2)C2CC2)n(-c2ccccc2)n1. The Morgan fingerprint density at radius 3 is 2.57 bits per heavy atom. The van der Waals surface area contributed by atoms with Gasteiger partial charge in [0.2, 0.25) is 5.91 Å². The van der Waals surface area contributed by atoms with Gasteiger partial charge in [0.25, 0.3) is 0 Å². The third-order valence-electron chi connectivity index (χ3n) is 5.26. The van der Waals surface area contributed by atoms with Gasteiger partial charge in [-0.05, 0) is 36.6 Å². The maximum Gasteiger partial charge on any atom is 0.239 e. The molecule has 1 N–H and O–H groups in total. The van der Waals surface area contributed by atoms with Gasteiger partial charge in [0.15, 0.2) is 0 Å². The Morgan fingerprint density at radius 1 is 1.17 bits per heavy atom. The third kappa shape index (κ3) is 4.94. The van der Waals surface area contributed by atoms with Crippen LogP contribution in [0.25, 0.3) is 5.69 Å². The Labute approximate surface area is 177 Å². The van der Waals surface area contributed by atoms with E-state index in [2.05, 4.69) is 42.0 Å². The van der Waals surface area contributed by atoms with Crippen molar-refractivity contribution in [2.45, 2.75) is 51.6 Å². The maximum atomic E-state index is 13.0. The summed E-state index contributed by atoms with van der Waals surface area (Å²) in [5, 5.41) is 7.88.